The number of aryl methyl sites for hydroxylation is 2. The van der Waals surface area contributed by atoms with Crippen molar-refractivity contribution in [1.29, 1.82) is 0 Å². The van der Waals surface area contributed by atoms with Gasteiger partial charge in [-0.3, -0.25) is 13.7 Å². The first kappa shape index (κ1) is 15.5. The molecule has 1 heterocycles. The lowest BCUT2D eigenvalue weighted by atomic mass is 10.1. The van der Waals surface area contributed by atoms with Crippen LogP contribution in [0.2, 0.25) is 5.02 Å². The Bertz CT molecular complexity index is 552. The van der Waals surface area contributed by atoms with Crippen LogP contribution in [0, 0.1) is 5.41 Å². The van der Waals surface area contributed by atoms with Gasteiger partial charge in [-0.15, -0.1) is 0 Å². The van der Waals surface area contributed by atoms with Crippen molar-refractivity contribution >= 4 is 28.4 Å². The van der Waals surface area contributed by atoms with E-state index in [1.807, 2.05) is 6.92 Å². The van der Waals surface area contributed by atoms with Gasteiger partial charge in [0.2, 0.25) is 0 Å². The van der Waals surface area contributed by atoms with Gasteiger partial charge in [-0.25, -0.2) is 0 Å². The number of nitrogens with zero attached hydrogens (tertiary/aromatic N) is 2. The smallest absolute Gasteiger partial charge is 0.303 e. The summed E-state index contributed by atoms with van der Waals surface area (Å²) >= 11 is 6.23. The van der Waals surface area contributed by atoms with E-state index in [0.29, 0.717) is 16.5 Å². The van der Waals surface area contributed by atoms with Crippen molar-refractivity contribution in [3.63, 3.8) is 0 Å². The average molecular weight is 319 g/mol. The Labute approximate surface area is 125 Å². The Morgan fingerprint density at radius 1 is 1.55 bits per heavy atom. The van der Waals surface area contributed by atoms with Gasteiger partial charge in [0.25, 0.3) is 0 Å². The minimum absolute atomic E-state index is 0.109. The van der Waals surface area contributed by atoms with Crippen molar-refractivity contribution in [2.75, 3.05) is 5.75 Å². The fraction of sp³-hybridized carbons (Fsp3) is 0.692. The van der Waals surface area contributed by atoms with E-state index in [2.05, 4.69) is 5.10 Å². The molecule has 0 bridgehead atoms. The van der Waals surface area contributed by atoms with E-state index in [-0.39, 0.29) is 11.8 Å². The fourth-order valence-corrected chi connectivity index (χ4v) is 4.64. The summed E-state index contributed by atoms with van der Waals surface area (Å²) in [5.74, 6) is -0.0438. The van der Waals surface area contributed by atoms with Gasteiger partial charge in [0.05, 0.1) is 28.6 Å². The first-order valence-electron chi connectivity index (χ1n) is 6.64. The Hall–Kier alpha value is -0.880. The molecule has 1 saturated carbocycles. The fourth-order valence-electron chi connectivity index (χ4n) is 2.39. The molecule has 20 heavy (non-hydrogen) atoms. The molecule has 0 amide bonds. The van der Waals surface area contributed by atoms with Crippen molar-refractivity contribution in [2.24, 2.45) is 12.5 Å². The Kier molecular flexibility index (Phi) is 4.54. The second kappa shape index (κ2) is 5.85. The quantitative estimate of drug-likeness (QED) is 0.836. The summed E-state index contributed by atoms with van der Waals surface area (Å²) < 4.78 is 13.9. The third-order valence-corrected chi connectivity index (χ3v) is 5.72. The zero-order valence-electron chi connectivity index (χ0n) is 11.7. The number of carbonyl (C=O) groups is 1. The minimum Gasteiger partial charge on any atom is -0.481 e. The molecule has 1 aromatic rings. The number of aromatic nitrogens is 2. The predicted octanol–water partition coefficient (Wildman–Crippen LogP) is 2.14. The topological polar surface area (TPSA) is 72.2 Å². The molecule has 1 N–H and O–H groups in total. The van der Waals surface area contributed by atoms with Gasteiger partial charge in [0.1, 0.15) is 0 Å². The highest BCUT2D eigenvalue weighted by Gasteiger charge is 2.45. The van der Waals surface area contributed by atoms with Crippen molar-refractivity contribution in [3.8, 4) is 0 Å². The third-order valence-electron chi connectivity index (χ3n) is 3.75. The highest BCUT2D eigenvalue weighted by Crippen LogP contribution is 2.49. The van der Waals surface area contributed by atoms with E-state index in [0.717, 1.165) is 30.7 Å². The number of rotatable bonds is 7. The van der Waals surface area contributed by atoms with Crippen molar-refractivity contribution in [2.45, 2.75) is 38.4 Å². The molecule has 0 aliphatic heterocycles. The summed E-state index contributed by atoms with van der Waals surface area (Å²) in [6.45, 7) is 1.97. The van der Waals surface area contributed by atoms with Crippen LogP contribution in [0.15, 0.2) is 0 Å². The van der Waals surface area contributed by atoms with E-state index >= 15 is 0 Å². The lowest BCUT2D eigenvalue weighted by molar-refractivity contribution is -0.138. The number of carboxylic acid groups (broad SMARTS) is 1. The molecule has 0 aromatic carbocycles. The lowest BCUT2D eigenvalue weighted by Gasteiger charge is -2.12. The van der Waals surface area contributed by atoms with Crippen LogP contribution < -0.4 is 0 Å². The second-order valence-corrected chi connectivity index (χ2v) is 7.32. The third kappa shape index (κ3) is 3.41. The maximum Gasteiger partial charge on any atom is 0.303 e. The van der Waals surface area contributed by atoms with Gasteiger partial charge in [0.15, 0.2) is 0 Å². The lowest BCUT2D eigenvalue weighted by Crippen LogP contribution is -2.18. The van der Waals surface area contributed by atoms with Gasteiger partial charge in [-0.05, 0) is 24.7 Å². The zero-order valence-corrected chi connectivity index (χ0v) is 13.3. The standard InChI is InChI=1S/C13H19ClN2O3S/c1-3-9-12(14)10(16(2)15-9)7-20(19)8-13(4-5-13)6-11(17)18/h3-8H2,1-2H3,(H,17,18). The molecule has 1 unspecified atom stereocenters. The van der Waals surface area contributed by atoms with E-state index in [1.54, 1.807) is 11.7 Å². The van der Waals surface area contributed by atoms with Crippen LogP contribution in [-0.4, -0.2) is 30.8 Å². The molecule has 1 aromatic heterocycles. The molecule has 7 heteroatoms. The van der Waals surface area contributed by atoms with Gasteiger partial charge < -0.3 is 5.11 Å². The van der Waals surface area contributed by atoms with Crippen LogP contribution in [0.5, 0.6) is 0 Å². The van der Waals surface area contributed by atoms with Crippen LogP contribution >= 0.6 is 11.6 Å². The molecule has 2 rings (SSSR count). The number of aliphatic carboxylic acids is 1. The SMILES string of the molecule is CCc1nn(C)c(CS(=O)CC2(CC(=O)O)CC2)c1Cl. The molecule has 112 valence electrons. The van der Waals surface area contributed by atoms with Crippen molar-refractivity contribution in [3.05, 3.63) is 16.4 Å². The summed E-state index contributed by atoms with van der Waals surface area (Å²) in [4.78, 5) is 10.8. The summed E-state index contributed by atoms with van der Waals surface area (Å²) in [7, 11) is 0.681. The first-order valence-corrected chi connectivity index (χ1v) is 8.50. The van der Waals surface area contributed by atoms with Gasteiger partial charge in [0, 0.05) is 23.6 Å². The average Bonchev–Trinajstić information content (AvgIpc) is 3.03. The number of hydrogen-bond donors (Lipinski definition) is 1. The molecule has 0 radical (unpaired) electrons. The van der Waals surface area contributed by atoms with Gasteiger partial charge in [-0.2, -0.15) is 5.10 Å². The molecule has 1 aliphatic rings. The van der Waals surface area contributed by atoms with Crippen molar-refractivity contribution in [1.82, 2.24) is 9.78 Å². The van der Waals surface area contributed by atoms with E-state index in [4.69, 9.17) is 16.7 Å². The Morgan fingerprint density at radius 2 is 2.20 bits per heavy atom. The van der Waals surface area contributed by atoms with Crippen LogP contribution in [0.25, 0.3) is 0 Å². The van der Waals surface area contributed by atoms with E-state index in [1.165, 1.54) is 0 Å². The molecule has 0 saturated heterocycles. The first-order chi connectivity index (χ1) is 9.37. The van der Waals surface area contributed by atoms with Crippen LogP contribution in [0.4, 0.5) is 0 Å². The van der Waals surface area contributed by atoms with Gasteiger partial charge in [-0.1, -0.05) is 18.5 Å². The molecule has 1 atom stereocenters. The maximum atomic E-state index is 12.3. The summed E-state index contributed by atoms with van der Waals surface area (Å²) in [5.41, 5.74) is 1.33. The molecular weight excluding hydrogens is 300 g/mol. The normalized spacial score (nSPS) is 17.9. The van der Waals surface area contributed by atoms with Crippen LogP contribution in [-0.2, 0) is 34.8 Å². The highest BCUT2D eigenvalue weighted by atomic mass is 35.5. The summed E-state index contributed by atoms with van der Waals surface area (Å²) in [6.07, 6.45) is 2.55. The number of halogens is 1. The summed E-state index contributed by atoms with van der Waals surface area (Å²) in [5, 5.41) is 13.8. The molecular formula is C13H19ClN2O3S. The largest absolute Gasteiger partial charge is 0.481 e. The summed E-state index contributed by atoms with van der Waals surface area (Å²) in [6, 6.07) is 0. The van der Waals surface area contributed by atoms with E-state index < -0.39 is 16.8 Å². The van der Waals surface area contributed by atoms with Crippen molar-refractivity contribution < 1.29 is 14.1 Å². The zero-order chi connectivity index (χ0) is 14.9. The molecule has 1 fully saturated rings. The molecule has 1 aliphatic carbocycles. The highest BCUT2D eigenvalue weighted by molar-refractivity contribution is 7.84. The van der Waals surface area contributed by atoms with E-state index in [9.17, 15) is 9.00 Å². The number of carboxylic acids is 1. The monoisotopic (exact) mass is 318 g/mol. The Morgan fingerprint density at radius 3 is 2.65 bits per heavy atom. The Balaban J connectivity index is 2.02. The molecule has 5 nitrogen and oxygen atoms in total. The van der Waals surface area contributed by atoms with Crippen LogP contribution in [0.1, 0.15) is 37.6 Å². The minimum atomic E-state index is -1.11. The second-order valence-electron chi connectivity index (χ2n) is 5.48. The number of hydrogen-bond acceptors (Lipinski definition) is 3. The maximum absolute atomic E-state index is 12.3. The molecule has 0 spiro atoms. The van der Waals surface area contributed by atoms with Crippen LogP contribution in [0.3, 0.4) is 0 Å². The van der Waals surface area contributed by atoms with Gasteiger partial charge >= 0.3 is 5.97 Å². The predicted molar refractivity (Wildman–Crippen MR) is 78.2 cm³/mol.